The van der Waals surface area contributed by atoms with Crippen LogP contribution in [0.4, 0.5) is 5.82 Å². The second-order valence-corrected chi connectivity index (χ2v) is 4.02. The minimum absolute atomic E-state index is 0.531. The van der Waals surface area contributed by atoms with Crippen molar-refractivity contribution in [3.8, 4) is 5.88 Å². The van der Waals surface area contributed by atoms with Gasteiger partial charge in [-0.1, -0.05) is 6.92 Å². The van der Waals surface area contributed by atoms with Crippen molar-refractivity contribution in [2.45, 2.75) is 20.3 Å². The van der Waals surface area contributed by atoms with Gasteiger partial charge in [0.1, 0.15) is 12.1 Å². The molecule has 1 aromatic rings. The molecule has 0 aliphatic carbocycles. The quantitative estimate of drug-likeness (QED) is 0.748. The molecular weight excluding hydrogens is 226 g/mol. The van der Waals surface area contributed by atoms with E-state index in [1.807, 2.05) is 6.92 Å². The summed E-state index contributed by atoms with van der Waals surface area (Å²) in [6, 6.07) is 1.80. The average Bonchev–Trinajstić information content (AvgIpc) is 2.28. The third kappa shape index (κ3) is 4.66. The van der Waals surface area contributed by atoms with Crippen LogP contribution in [0.15, 0.2) is 12.4 Å². The van der Waals surface area contributed by atoms with Crippen LogP contribution < -0.4 is 10.1 Å². The Balaban J connectivity index is 2.44. The van der Waals surface area contributed by atoms with E-state index in [9.17, 15) is 0 Å². The molecule has 0 radical (unpaired) electrons. The summed E-state index contributed by atoms with van der Waals surface area (Å²) >= 11 is 5.67. The Morgan fingerprint density at radius 3 is 3.00 bits per heavy atom. The van der Waals surface area contributed by atoms with E-state index in [-0.39, 0.29) is 0 Å². The van der Waals surface area contributed by atoms with Crippen molar-refractivity contribution in [2.24, 2.45) is 5.92 Å². The predicted octanol–water partition coefficient (Wildman–Crippen LogP) is 2.55. The fourth-order valence-electron chi connectivity index (χ4n) is 1.23. The maximum Gasteiger partial charge on any atom is 0.218 e. The van der Waals surface area contributed by atoms with Crippen molar-refractivity contribution >= 4 is 17.4 Å². The van der Waals surface area contributed by atoms with Crippen LogP contribution in [0.3, 0.4) is 0 Å². The van der Waals surface area contributed by atoms with E-state index < -0.39 is 0 Å². The summed E-state index contributed by atoms with van der Waals surface area (Å²) in [5.74, 6) is 2.62. The molecule has 1 aromatic heterocycles. The van der Waals surface area contributed by atoms with Gasteiger partial charge in [0.25, 0.3) is 0 Å². The highest BCUT2D eigenvalue weighted by Crippen LogP contribution is 2.12. The molecule has 0 amide bonds. The SMILES string of the molecule is CCOc1cc(NCC(C)CCCl)ncn1. The number of rotatable bonds is 7. The molecule has 4 nitrogen and oxygen atoms in total. The number of hydrogen-bond donors (Lipinski definition) is 1. The first-order chi connectivity index (χ1) is 7.76. The lowest BCUT2D eigenvalue weighted by atomic mass is 10.1. The molecule has 16 heavy (non-hydrogen) atoms. The van der Waals surface area contributed by atoms with E-state index >= 15 is 0 Å². The molecule has 5 heteroatoms. The first-order valence-electron chi connectivity index (χ1n) is 5.51. The van der Waals surface area contributed by atoms with Gasteiger partial charge in [-0.05, 0) is 19.3 Å². The fraction of sp³-hybridized carbons (Fsp3) is 0.636. The van der Waals surface area contributed by atoms with Crippen molar-refractivity contribution < 1.29 is 4.74 Å². The summed E-state index contributed by atoms with van der Waals surface area (Å²) in [6.45, 7) is 5.55. The molecule has 90 valence electrons. The van der Waals surface area contributed by atoms with Gasteiger partial charge in [-0.25, -0.2) is 9.97 Å². The molecule has 0 aliphatic heterocycles. The van der Waals surface area contributed by atoms with Crippen LogP contribution in [0.25, 0.3) is 0 Å². The number of halogens is 1. The van der Waals surface area contributed by atoms with E-state index in [2.05, 4.69) is 22.2 Å². The Morgan fingerprint density at radius 1 is 1.50 bits per heavy atom. The highest BCUT2D eigenvalue weighted by Gasteiger charge is 2.03. The standard InChI is InChI=1S/C11H18ClN3O/c1-3-16-11-6-10(14-8-15-11)13-7-9(2)4-5-12/h6,8-9H,3-5,7H2,1-2H3,(H,13,14,15). The maximum atomic E-state index is 5.67. The summed E-state index contributed by atoms with van der Waals surface area (Å²) in [7, 11) is 0. The Kier molecular flexibility index (Phi) is 5.93. The van der Waals surface area contributed by atoms with E-state index in [1.54, 1.807) is 6.07 Å². The first-order valence-corrected chi connectivity index (χ1v) is 6.04. The van der Waals surface area contributed by atoms with Crippen LogP contribution in [0.5, 0.6) is 5.88 Å². The molecule has 0 saturated carbocycles. The molecule has 1 N–H and O–H groups in total. The monoisotopic (exact) mass is 243 g/mol. The second kappa shape index (κ2) is 7.28. The van der Waals surface area contributed by atoms with Crippen LogP contribution in [0.2, 0.25) is 0 Å². The lowest BCUT2D eigenvalue weighted by Gasteiger charge is -2.11. The minimum Gasteiger partial charge on any atom is -0.478 e. The molecule has 1 atom stereocenters. The second-order valence-electron chi connectivity index (χ2n) is 3.64. The third-order valence-electron chi connectivity index (χ3n) is 2.17. The molecular formula is C11H18ClN3O. The summed E-state index contributed by atoms with van der Waals surface area (Å²) < 4.78 is 5.29. The topological polar surface area (TPSA) is 47.0 Å². The lowest BCUT2D eigenvalue weighted by molar-refractivity contribution is 0.326. The molecule has 0 saturated heterocycles. The lowest BCUT2D eigenvalue weighted by Crippen LogP contribution is -2.12. The molecule has 0 bridgehead atoms. The fourth-order valence-corrected chi connectivity index (χ4v) is 1.60. The number of aromatic nitrogens is 2. The van der Waals surface area contributed by atoms with E-state index in [0.717, 1.165) is 18.8 Å². The van der Waals surface area contributed by atoms with Gasteiger partial charge in [-0.3, -0.25) is 0 Å². The highest BCUT2D eigenvalue weighted by atomic mass is 35.5. The van der Waals surface area contributed by atoms with E-state index in [4.69, 9.17) is 16.3 Å². The molecule has 0 aliphatic rings. The normalized spacial score (nSPS) is 12.2. The molecule has 1 rings (SSSR count). The maximum absolute atomic E-state index is 5.67. The Morgan fingerprint density at radius 2 is 2.31 bits per heavy atom. The predicted molar refractivity (Wildman–Crippen MR) is 66.2 cm³/mol. The van der Waals surface area contributed by atoms with Gasteiger partial charge in [-0.15, -0.1) is 11.6 Å². The van der Waals surface area contributed by atoms with Crippen molar-refractivity contribution in [1.29, 1.82) is 0 Å². The van der Waals surface area contributed by atoms with E-state index in [1.165, 1.54) is 6.33 Å². The summed E-state index contributed by atoms with van der Waals surface area (Å²) in [6.07, 6.45) is 2.50. The van der Waals surface area contributed by atoms with Crippen LogP contribution in [-0.4, -0.2) is 29.0 Å². The largest absolute Gasteiger partial charge is 0.478 e. The summed E-state index contributed by atoms with van der Waals surface area (Å²) in [5.41, 5.74) is 0. The van der Waals surface area contributed by atoms with Gasteiger partial charge >= 0.3 is 0 Å². The van der Waals surface area contributed by atoms with Crippen LogP contribution >= 0.6 is 11.6 Å². The van der Waals surface area contributed by atoms with Gasteiger partial charge in [0.05, 0.1) is 6.61 Å². The Labute approximate surface area is 101 Å². The van der Waals surface area contributed by atoms with Crippen LogP contribution in [0, 0.1) is 5.92 Å². The number of alkyl halides is 1. The molecule has 0 spiro atoms. The van der Waals surface area contributed by atoms with Crippen LogP contribution in [-0.2, 0) is 0 Å². The number of nitrogens with zero attached hydrogens (tertiary/aromatic N) is 2. The van der Waals surface area contributed by atoms with Gasteiger partial charge in [0.15, 0.2) is 0 Å². The third-order valence-corrected chi connectivity index (χ3v) is 2.39. The Bertz CT molecular complexity index is 309. The first kappa shape index (κ1) is 13.0. The number of anilines is 1. The van der Waals surface area contributed by atoms with Crippen LogP contribution in [0.1, 0.15) is 20.3 Å². The minimum atomic E-state index is 0.531. The van der Waals surface area contributed by atoms with E-state index in [0.29, 0.717) is 24.3 Å². The molecule has 0 fully saturated rings. The molecule has 1 unspecified atom stereocenters. The van der Waals surface area contributed by atoms with Crippen molar-refractivity contribution in [3.63, 3.8) is 0 Å². The zero-order valence-corrected chi connectivity index (χ0v) is 10.5. The van der Waals surface area contributed by atoms with Gasteiger partial charge in [-0.2, -0.15) is 0 Å². The summed E-state index contributed by atoms with van der Waals surface area (Å²) in [4.78, 5) is 8.12. The van der Waals surface area contributed by atoms with Gasteiger partial charge in [0, 0.05) is 18.5 Å². The molecule has 1 heterocycles. The zero-order chi connectivity index (χ0) is 11.8. The summed E-state index contributed by atoms with van der Waals surface area (Å²) in [5, 5.41) is 3.24. The zero-order valence-electron chi connectivity index (χ0n) is 9.74. The molecule has 0 aromatic carbocycles. The van der Waals surface area contributed by atoms with Gasteiger partial charge < -0.3 is 10.1 Å². The average molecular weight is 244 g/mol. The van der Waals surface area contributed by atoms with Crippen molar-refractivity contribution in [3.05, 3.63) is 12.4 Å². The Hall–Kier alpha value is -1.03. The number of hydrogen-bond acceptors (Lipinski definition) is 4. The highest BCUT2D eigenvalue weighted by molar-refractivity contribution is 6.17. The smallest absolute Gasteiger partial charge is 0.218 e. The number of ether oxygens (including phenoxy) is 1. The van der Waals surface area contributed by atoms with Crippen molar-refractivity contribution in [2.75, 3.05) is 24.3 Å². The number of nitrogens with one attached hydrogen (secondary N) is 1. The van der Waals surface area contributed by atoms with Gasteiger partial charge in [0.2, 0.25) is 5.88 Å². The van der Waals surface area contributed by atoms with Crippen molar-refractivity contribution in [1.82, 2.24) is 9.97 Å².